The Kier molecular flexibility index (Phi) is 9.00. The second-order valence-corrected chi connectivity index (χ2v) is 9.74. The predicted octanol–water partition coefficient (Wildman–Crippen LogP) is 7.15. The van der Waals surface area contributed by atoms with E-state index in [1.54, 1.807) is 0 Å². The molecule has 0 bridgehead atoms. The van der Waals surface area contributed by atoms with E-state index in [1.807, 2.05) is 0 Å². The number of rotatable bonds is 12. The minimum Gasteiger partial charge on any atom is -0.491 e. The molecule has 0 amide bonds. The molecule has 0 saturated carbocycles. The first-order chi connectivity index (χ1) is 14.6. The molecule has 0 radical (unpaired) electrons. The quantitative estimate of drug-likeness (QED) is 0.337. The predicted molar refractivity (Wildman–Crippen MR) is 131 cm³/mol. The summed E-state index contributed by atoms with van der Waals surface area (Å²) in [5.41, 5.74) is 5.72. The van der Waals surface area contributed by atoms with Crippen molar-refractivity contribution in [3.63, 3.8) is 0 Å². The second-order valence-electron chi connectivity index (χ2n) is 9.74. The average Bonchev–Trinajstić information content (AvgIpc) is 2.72. The third-order valence-electron chi connectivity index (χ3n) is 6.61. The molecule has 0 aliphatic rings. The number of aryl methyl sites for hydroxylation is 2. The van der Waals surface area contributed by atoms with E-state index < -0.39 is 0 Å². The minimum absolute atomic E-state index is 0.191. The summed E-state index contributed by atoms with van der Waals surface area (Å²) >= 11 is 0. The first kappa shape index (κ1) is 25.3. The number of benzene rings is 2. The summed E-state index contributed by atoms with van der Waals surface area (Å²) in [7, 11) is 0. The van der Waals surface area contributed by atoms with Crippen LogP contribution < -0.4 is 9.47 Å². The highest BCUT2D eigenvalue weighted by Crippen LogP contribution is 2.32. The van der Waals surface area contributed by atoms with Crippen LogP contribution in [-0.2, 0) is 15.6 Å². The van der Waals surface area contributed by atoms with Crippen molar-refractivity contribution in [1.82, 2.24) is 0 Å². The van der Waals surface area contributed by atoms with Crippen molar-refractivity contribution in [2.24, 2.45) is 0 Å². The normalized spacial score (nSPS) is 12.1. The summed E-state index contributed by atoms with van der Waals surface area (Å²) in [4.78, 5) is 0. The van der Waals surface area contributed by atoms with Crippen molar-refractivity contribution in [2.75, 3.05) is 26.4 Å². The molecular formula is C28H42O3. The first-order valence-electron chi connectivity index (χ1n) is 11.7. The molecule has 172 valence electrons. The van der Waals surface area contributed by atoms with Gasteiger partial charge in [-0.3, -0.25) is 0 Å². The Hall–Kier alpha value is -2.00. The van der Waals surface area contributed by atoms with Gasteiger partial charge in [-0.25, -0.2) is 0 Å². The second kappa shape index (κ2) is 11.0. The lowest BCUT2D eigenvalue weighted by molar-refractivity contribution is 0.0764. The van der Waals surface area contributed by atoms with Crippen molar-refractivity contribution in [1.29, 1.82) is 0 Å². The molecule has 3 heteroatoms. The fourth-order valence-electron chi connectivity index (χ4n) is 3.89. The molecule has 0 atom stereocenters. The number of ether oxygens (including phenoxy) is 3. The van der Waals surface area contributed by atoms with E-state index in [0.717, 1.165) is 24.3 Å². The maximum atomic E-state index is 5.86. The fourth-order valence-corrected chi connectivity index (χ4v) is 3.89. The van der Waals surface area contributed by atoms with Crippen LogP contribution in [0.25, 0.3) is 0 Å². The fraction of sp³-hybridized carbons (Fsp3) is 0.571. The molecule has 2 aromatic carbocycles. The van der Waals surface area contributed by atoms with E-state index in [9.17, 15) is 0 Å². The van der Waals surface area contributed by atoms with E-state index in [-0.39, 0.29) is 10.8 Å². The van der Waals surface area contributed by atoms with Gasteiger partial charge in [0.25, 0.3) is 0 Å². The van der Waals surface area contributed by atoms with E-state index in [2.05, 4.69) is 91.8 Å². The molecule has 0 aliphatic carbocycles. The molecular weight excluding hydrogens is 384 g/mol. The van der Waals surface area contributed by atoms with Gasteiger partial charge in [-0.15, -0.1) is 0 Å². The number of hydrogen-bond donors (Lipinski definition) is 0. The van der Waals surface area contributed by atoms with Crippen LogP contribution in [0.1, 0.15) is 76.6 Å². The van der Waals surface area contributed by atoms with Gasteiger partial charge in [-0.05, 0) is 84.0 Å². The third kappa shape index (κ3) is 7.00. The van der Waals surface area contributed by atoms with E-state index in [4.69, 9.17) is 14.2 Å². The highest BCUT2D eigenvalue weighted by Gasteiger charge is 2.21. The molecule has 0 N–H and O–H groups in total. The van der Waals surface area contributed by atoms with E-state index in [1.165, 1.54) is 22.3 Å². The van der Waals surface area contributed by atoms with Gasteiger partial charge in [0.2, 0.25) is 0 Å². The van der Waals surface area contributed by atoms with Gasteiger partial charge < -0.3 is 14.2 Å². The maximum Gasteiger partial charge on any atom is 0.119 e. The lowest BCUT2D eigenvalue weighted by Crippen LogP contribution is -2.17. The Morgan fingerprint density at radius 1 is 0.613 bits per heavy atom. The zero-order valence-electron chi connectivity index (χ0n) is 20.9. The van der Waals surface area contributed by atoms with E-state index >= 15 is 0 Å². The highest BCUT2D eigenvalue weighted by atomic mass is 16.5. The molecule has 3 nitrogen and oxygen atoms in total. The summed E-state index contributed by atoms with van der Waals surface area (Å²) in [6.45, 7) is 20.1. The number of hydrogen-bond acceptors (Lipinski definition) is 3. The van der Waals surface area contributed by atoms with Crippen molar-refractivity contribution >= 4 is 0 Å². The Bertz CT molecular complexity index is 767. The van der Waals surface area contributed by atoms with Crippen LogP contribution in [0, 0.1) is 13.8 Å². The SMILES string of the molecule is CCC(C)(C)c1ccc(OCCOCCOc2ccc(C(C)(C)CC)c(C)c2)cc1C. The molecule has 0 fully saturated rings. The Balaban J connectivity index is 1.70. The van der Waals surface area contributed by atoms with Gasteiger partial charge in [0.15, 0.2) is 0 Å². The Morgan fingerprint density at radius 3 is 1.32 bits per heavy atom. The van der Waals surface area contributed by atoms with Crippen LogP contribution in [0.3, 0.4) is 0 Å². The standard InChI is InChI=1S/C28H42O3/c1-9-27(5,6)25-13-11-23(19-21(25)3)30-17-15-29-16-18-31-24-12-14-26(22(4)20-24)28(7,8)10-2/h11-14,19-20H,9-10,15-18H2,1-8H3. The van der Waals surface area contributed by atoms with Crippen molar-refractivity contribution in [2.45, 2.75) is 79.1 Å². The zero-order valence-corrected chi connectivity index (χ0v) is 20.9. The lowest BCUT2D eigenvalue weighted by atomic mass is 9.80. The van der Waals surface area contributed by atoms with Crippen LogP contribution in [0.4, 0.5) is 0 Å². The van der Waals surface area contributed by atoms with Crippen LogP contribution in [0.2, 0.25) is 0 Å². The monoisotopic (exact) mass is 426 g/mol. The summed E-state index contributed by atoms with van der Waals surface area (Å²) in [5.74, 6) is 1.80. The minimum atomic E-state index is 0.191. The molecule has 0 spiro atoms. The highest BCUT2D eigenvalue weighted by molar-refractivity contribution is 5.39. The summed E-state index contributed by atoms with van der Waals surface area (Å²) < 4.78 is 17.4. The molecule has 0 aliphatic heterocycles. The van der Waals surface area contributed by atoms with Gasteiger partial charge >= 0.3 is 0 Å². The molecule has 0 unspecified atom stereocenters. The first-order valence-corrected chi connectivity index (χ1v) is 11.7. The van der Waals surface area contributed by atoms with Crippen LogP contribution in [0.5, 0.6) is 11.5 Å². The summed E-state index contributed by atoms with van der Waals surface area (Å²) in [6, 6.07) is 12.8. The third-order valence-corrected chi connectivity index (χ3v) is 6.61. The molecule has 2 aromatic rings. The van der Waals surface area contributed by atoms with Crippen molar-refractivity contribution in [3.05, 3.63) is 58.7 Å². The molecule has 0 saturated heterocycles. The van der Waals surface area contributed by atoms with Crippen LogP contribution in [0.15, 0.2) is 36.4 Å². The lowest BCUT2D eigenvalue weighted by Gasteiger charge is -2.26. The summed E-state index contributed by atoms with van der Waals surface area (Å²) in [5, 5.41) is 0. The van der Waals surface area contributed by atoms with Crippen LogP contribution >= 0.6 is 0 Å². The topological polar surface area (TPSA) is 27.7 Å². The van der Waals surface area contributed by atoms with Gasteiger partial charge in [0, 0.05) is 0 Å². The van der Waals surface area contributed by atoms with E-state index in [0.29, 0.717) is 26.4 Å². The molecule has 2 rings (SSSR count). The van der Waals surface area contributed by atoms with Gasteiger partial charge in [-0.2, -0.15) is 0 Å². The smallest absolute Gasteiger partial charge is 0.119 e. The molecule has 31 heavy (non-hydrogen) atoms. The molecule has 0 aromatic heterocycles. The maximum absolute atomic E-state index is 5.86. The Labute approximate surface area is 190 Å². The zero-order chi connectivity index (χ0) is 23.1. The van der Waals surface area contributed by atoms with Gasteiger partial charge in [0.05, 0.1) is 13.2 Å². The average molecular weight is 427 g/mol. The van der Waals surface area contributed by atoms with Crippen molar-refractivity contribution < 1.29 is 14.2 Å². The Morgan fingerprint density at radius 2 is 1.00 bits per heavy atom. The van der Waals surface area contributed by atoms with Crippen molar-refractivity contribution in [3.8, 4) is 11.5 Å². The van der Waals surface area contributed by atoms with Gasteiger partial charge in [0.1, 0.15) is 24.7 Å². The molecule has 0 heterocycles. The largest absolute Gasteiger partial charge is 0.491 e. The van der Waals surface area contributed by atoms with Gasteiger partial charge in [-0.1, -0.05) is 53.7 Å². The summed E-state index contributed by atoms with van der Waals surface area (Å²) in [6.07, 6.45) is 2.23. The van der Waals surface area contributed by atoms with Crippen LogP contribution in [-0.4, -0.2) is 26.4 Å².